The van der Waals surface area contributed by atoms with Crippen LogP contribution in [-0.4, -0.2) is 5.11 Å². The summed E-state index contributed by atoms with van der Waals surface area (Å²) in [5.41, 5.74) is 3.51. The van der Waals surface area contributed by atoms with Gasteiger partial charge in [-0.05, 0) is 48.6 Å². The van der Waals surface area contributed by atoms with Gasteiger partial charge in [-0.2, -0.15) is 0 Å². The lowest BCUT2D eigenvalue weighted by Crippen LogP contribution is -1.91. The largest absolute Gasteiger partial charge is 0.388 e. The van der Waals surface area contributed by atoms with Gasteiger partial charge in [-0.3, -0.25) is 0 Å². The fourth-order valence-corrected chi connectivity index (χ4v) is 2.16. The predicted octanol–water partition coefficient (Wildman–Crippen LogP) is 2.63. The van der Waals surface area contributed by atoms with E-state index in [9.17, 15) is 5.11 Å². The molecule has 0 radical (unpaired) electrons. The van der Waals surface area contributed by atoms with Crippen molar-refractivity contribution in [1.82, 2.24) is 0 Å². The first-order valence-corrected chi connectivity index (χ1v) is 4.53. The van der Waals surface area contributed by atoms with E-state index in [1.807, 2.05) is 19.1 Å². The fraction of sp³-hybridized carbons (Fsp3) is 0.400. The lowest BCUT2D eigenvalue weighted by molar-refractivity contribution is 0.180. The van der Waals surface area contributed by atoms with Crippen molar-refractivity contribution >= 4 is 11.6 Å². The molecule has 0 bridgehead atoms. The molecule has 0 spiro atoms. The smallest absolute Gasteiger partial charge is 0.0796 e. The first-order chi connectivity index (χ1) is 5.68. The zero-order chi connectivity index (χ0) is 8.72. The maximum absolute atomic E-state index is 9.57. The first kappa shape index (κ1) is 8.09. The van der Waals surface area contributed by atoms with E-state index < -0.39 is 0 Å². The van der Waals surface area contributed by atoms with Crippen LogP contribution in [0.25, 0.3) is 0 Å². The number of fused-ring (bicyclic) bond motifs is 1. The van der Waals surface area contributed by atoms with Gasteiger partial charge in [0.05, 0.1) is 6.10 Å². The number of hydrogen-bond acceptors (Lipinski definition) is 1. The molecule has 1 aliphatic carbocycles. The summed E-state index contributed by atoms with van der Waals surface area (Å²) in [6, 6.07) is 3.83. The standard InChI is InChI=1S/C10H11ClO/c1-6-4-7(11)5-9-8(6)2-3-10(9)12/h4-5,10,12H,2-3H2,1H3/t10-/m1/s1. The second-order valence-electron chi connectivity index (χ2n) is 3.34. The highest BCUT2D eigenvalue weighted by Gasteiger charge is 2.21. The van der Waals surface area contributed by atoms with Crippen molar-refractivity contribution in [1.29, 1.82) is 0 Å². The van der Waals surface area contributed by atoms with Crippen LogP contribution in [0.3, 0.4) is 0 Å². The van der Waals surface area contributed by atoms with Crippen LogP contribution in [0.4, 0.5) is 0 Å². The summed E-state index contributed by atoms with van der Waals surface area (Å²) in [5.74, 6) is 0. The third kappa shape index (κ3) is 1.13. The normalized spacial score (nSPS) is 21.1. The van der Waals surface area contributed by atoms with Crippen LogP contribution in [0.5, 0.6) is 0 Å². The Morgan fingerprint density at radius 3 is 3.00 bits per heavy atom. The molecule has 2 heteroatoms. The maximum atomic E-state index is 9.57. The van der Waals surface area contributed by atoms with Crippen molar-refractivity contribution in [3.63, 3.8) is 0 Å². The number of aliphatic hydroxyl groups is 1. The zero-order valence-corrected chi connectivity index (χ0v) is 7.73. The second-order valence-corrected chi connectivity index (χ2v) is 3.78. The molecule has 2 rings (SSSR count). The molecular formula is C10H11ClO. The van der Waals surface area contributed by atoms with Gasteiger partial charge in [0.15, 0.2) is 0 Å². The molecular weight excluding hydrogens is 172 g/mol. The molecule has 1 aromatic carbocycles. The van der Waals surface area contributed by atoms with E-state index in [-0.39, 0.29) is 6.10 Å². The van der Waals surface area contributed by atoms with Crippen LogP contribution >= 0.6 is 11.6 Å². The molecule has 12 heavy (non-hydrogen) atoms. The van der Waals surface area contributed by atoms with Crippen LogP contribution in [0.1, 0.15) is 29.2 Å². The van der Waals surface area contributed by atoms with Gasteiger partial charge in [-0.15, -0.1) is 0 Å². The number of aryl methyl sites for hydroxylation is 1. The Morgan fingerprint density at radius 1 is 1.50 bits per heavy atom. The highest BCUT2D eigenvalue weighted by molar-refractivity contribution is 6.30. The van der Waals surface area contributed by atoms with E-state index in [2.05, 4.69) is 0 Å². The van der Waals surface area contributed by atoms with Crippen molar-refractivity contribution < 1.29 is 5.11 Å². The SMILES string of the molecule is Cc1cc(Cl)cc2c1CC[C@H]2O. The van der Waals surface area contributed by atoms with Crippen LogP contribution < -0.4 is 0 Å². The summed E-state index contributed by atoms with van der Waals surface area (Å²) >= 11 is 5.88. The van der Waals surface area contributed by atoms with E-state index in [4.69, 9.17) is 11.6 Å². The number of aliphatic hydroxyl groups excluding tert-OH is 1. The molecule has 0 saturated heterocycles. The third-order valence-corrected chi connectivity index (χ3v) is 2.72. The predicted molar refractivity (Wildman–Crippen MR) is 49.5 cm³/mol. The Kier molecular flexibility index (Phi) is 1.85. The average Bonchev–Trinajstić information content (AvgIpc) is 2.33. The minimum Gasteiger partial charge on any atom is -0.388 e. The Balaban J connectivity index is 2.60. The van der Waals surface area contributed by atoms with Gasteiger partial charge in [0, 0.05) is 5.02 Å². The summed E-state index contributed by atoms with van der Waals surface area (Å²) in [6.45, 7) is 2.04. The van der Waals surface area contributed by atoms with E-state index in [0.29, 0.717) is 0 Å². The minimum atomic E-state index is -0.294. The third-order valence-electron chi connectivity index (χ3n) is 2.50. The Labute approximate surface area is 77.0 Å². The van der Waals surface area contributed by atoms with Gasteiger partial charge < -0.3 is 5.11 Å². The van der Waals surface area contributed by atoms with Crippen molar-refractivity contribution in [2.24, 2.45) is 0 Å². The van der Waals surface area contributed by atoms with E-state index in [1.54, 1.807) is 0 Å². The molecule has 1 atom stereocenters. The average molecular weight is 183 g/mol. The topological polar surface area (TPSA) is 20.2 Å². The molecule has 1 aliphatic rings. The molecule has 1 N–H and O–H groups in total. The lowest BCUT2D eigenvalue weighted by atomic mass is 10.0. The van der Waals surface area contributed by atoms with E-state index in [1.165, 1.54) is 11.1 Å². The van der Waals surface area contributed by atoms with E-state index in [0.717, 1.165) is 23.4 Å². The molecule has 0 heterocycles. The number of hydrogen-bond donors (Lipinski definition) is 1. The summed E-state index contributed by atoms with van der Waals surface area (Å²) in [5, 5.41) is 10.3. The van der Waals surface area contributed by atoms with Crippen molar-refractivity contribution in [3.05, 3.63) is 33.8 Å². The molecule has 1 aromatic rings. The van der Waals surface area contributed by atoms with Crippen molar-refractivity contribution in [3.8, 4) is 0 Å². The minimum absolute atomic E-state index is 0.294. The molecule has 0 aliphatic heterocycles. The summed E-state index contributed by atoms with van der Waals surface area (Å²) < 4.78 is 0. The molecule has 1 nitrogen and oxygen atoms in total. The highest BCUT2D eigenvalue weighted by Crippen LogP contribution is 2.34. The number of rotatable bonds is 0. The molecule has 0 aromatic heterocycles. The van der Waals surface area contributed by atoms with Gasteiger partial charge in [0.2, 0.25) is 0 Å². The van der Waals surface area contributed by atoms with Gasteiger partial charge in [0.1, 0.15) is 0 Å². The molecule has 0 saturated carbocycles. The summed E-state index contributed by atoms with van der Waals surface area (Å²) in [6.07, 6.45) is 1.54. The number of halogens is 1. The van der Waals surface area contributed by atoms with Crippen LogP contribution in [0.2, 0.25) is 5.02 Å². The number of benzene rings is 1. The zero-order valence-electron chi connectivity index (χ0n) is 6.97. The Hall–Kier alpha value is -0.530. The molecule has 0 fully saturated rings. The maximum Gasteiger partial charge on any atom is 0.0796 e. The lowest BCUT2D eigenvalue weighted by Gasteiger charge is -2.06. The first-order valence-electron chi connectivity index (χ1n) is 4.15. The van der Waals surface area contributed by atoms with Gasteiger partial charge >= 0.3 is 0 Å². The molecule has 0 unspecified atom stereocenters. The Bertz CT molecular complexity index is 320. The highest BCUT2D eigenvalue weighted by atomic mass is 35.5. The van der Waals surface area contributed by atoms with Gasteiger partial charge in [-0.25, -0.2) is 0 Å². The van der Waals surface area contributed by atoms with Crippen LogP contribution in [0, 0.1) is 6.92 Å². The van der Waals surface area contributed by atoms with Gasteiger partial charge in [0.25, 0.3) is 0 Å². The van der Waals surface area contributed by atoms with Crippen LogP contribution in [0.15, 0.2) is 12.1 Å². The van der Waals surface area contributed by atoms with Crippen molar-refractivity contribution in [2.75, 3.05) is 0 Å². The van der Waals surface area contributed by atoms with Crippen LogP contribution in [-0.2, 0) is 6.42 Å². The quantitative estimate of drug-likeness (QED) is 0.654. The molecule has 0 amide bonds. The second kappa shape index (κ2) is 2.75. The summed E-state index contributed by atoms with van der Waals surface area (Å²) in [4.78, 5) is 0. The van der Waals surface area contributed by atoms with Crippen molar-refractivity contribution in [2.45, 2.75) is 25.9 Å². The Morgan fingerprint density at radius 2 is 2.25 bits per heavy atom. The van der Waals surface area contributed by atoms with Gasteiger partial charge in [-0.1, -0.05) is 11.6 Å². The monoisotopic (exact) mass is 182 g/mol. The van der Waals surface area contributed by atoms with E-state index >= 15 is 0 Å². The fourth-order valence-electron chi connectivity index (χ4n) is 1.87. The summed E-state index contributed by atoms with van der Waals surface area (Å²) in [7, 11) is 0. The molecule has 64 valence electrons.